The Bertz CT molecular complexity index is 317. The number of esters is 1. The number of fused-ring (bicyclic) bond motifs is 1. The topological polar surface area (TPSA) is 26.3 Å². The Kier molecular flexibility index (Phi) is 5.50. The Morgan fingerprint density at radius 2 is 2.00 bits per heavy atom. The lowest BCUT2D eigenvalue weighted by atomic mass is 10.1. The zero-order valence-electron chi connectivity index (χ0n) is 11.1. The minimum atomic E-state index is -0.0340. The first-order valence-corrected chi connectivity index (χ1v) is 7.33. The van der Waals surface area contributed by atoms with Crippen LogP contribution in [0.5, 0.6) is 0 Å². The summed E-state index contributed by atoms with van der Waals surface area (Å²) in [7, 11) is 0. The molecule has 2 aliphatic rings. The summed E-state index contributed by atoms with van der Waals surface area (Å²) in [6, 6.07) is 0. The molecule has 0 amide bonds. The lowest BCUT2D eigenvalue weighted by Crippen LogP contribution is -2.04. The highest BCUT2D eigenvalue weighted by Crippen LogP contribution is 2.42. The first-order chi connectivity index (χ1) is 8.86. The summed E-state index contributed by atoms with van der Waals surface area (Å²) in [6.07, 6.45) is 17.6. The summed E-state index contributed by atoms with van der Waals surface area (Å²) >= 11 is 0. The van der Waals surface area contributed by atoms with E-state index in [-0.39, 0.29) is 5.97 Å². The molecule has 100 valence electrons. The number of carbonyl (C=O) groups is 1. The molecular formula is C16H24O2. The number of hydrogen-bond donors (Lipinski definition) is 0. The Labute approximate surface area is 110 Å². The Hall–Kier alpha value is -1.05. The predicted molar refractivity (Wildman–Crippen MR) is 73.2 cm³/mol. The monoisotopic (exact) mass is 248 g/mol. The van der Waals surface area contributed by atoms with Gasteiger partial charge >= 0.3 is 5.97 Å². The van der Waals surface area contributed by atoms with Crippen molar-refractivity contribution in [3.8, 4) is 0 Å². The van der Waals surface area contributed by atoms with E-state index in [4.69, 9.17) is 4.74 Å². The molecule has 2 unspecified atom stereocenters. The summed E-state index contributed by atoms with van der Waals surface area (Å²) in [5.41, 5.74) is 0. The third-order valence-corrected chi connectivity index (χ3v) is 3.77. The Balaban J connectivity index is 1.75. The van der Waals surface area contributed by atoms with Crippen molar-refractivity contribution in [2.45, 2.75) is 51.4 Å². The highest BCUT2D eigenvalue weighted by molar-refractivity contribution is 5.69. The maximum absolute atomic E-state index is 11.4. The van der Waals surface area contributed by atoms with Crippen LogP contribution in [0.4, 0.5) is 0 Å². The van der Waals surface area contributed by atoms with Gasteiger partial charge in [-0.15, -0.1) is 0 Å². The van der Waals surface area contributed by atoms with Crippen LogP contribution in [-0.2, 0) is 9.53 Å². The molecule has 0 spiro atoms. The van der Waals surface area contributed by atoms with Gasteiger partial charge in [-0.05, 0) is 50.4 Å². The van der Waals surface area contributed by atoms with E-state index in [1.807, 2.05) is 0 Å². The summed E-state index contributed by atoms with van der Waals surface area (Å²) < 4.78 is 5.18. The van der Waals surface area contributed by atoms with Crippen molar-refractivity contribution < 1.29 is 9.53 Å². The summed E-state index contributed by atoms with van der Waals surface area (Å²) in [5.74, 6) is 1.67. The molecule has 0 aromatic rings. The van der Waals surface area contributed by atoms with Crippen LogP contribution in [0.15, 0.2) is 24.3 Å². The standard InChI is InChI=1S/C16H24O2/c17-16-11-7-3-1-2-5-9-14-13-15(14)10-6-4-8-12-18-16/h4-6,9,14-15H,1-3,7-8,10-13H2. The van der Waals surface area contributed by atoms with Crippen LogP contribution in [0.1, 0.15) is 51.4 Å². The van der Waals surface area contributed by atoms with Gasteiger partial charge in [-0.2, -0.15) is 0 Å². The average Bonchev–Trinajstić information content (AvgIpc) is 3.10. The van der Waals surface area contributed by atoms with Gasteiger partial charge in [-0.25, -0.2) is 0 Å². The predicted octanol–water partition coefficient (Wildman–Crippen LogP) is 4.02. The second-order valence-corrected chi connectivity index (χ2v) is 5.40. The van der Waals surface area contributed by atoms with Gasteiger partial charge in [0.05, 0.1) is 6.61 Å². The first-order valence-electron chi connectivity index (χ1n) is 7.33. The molecule has 0 aromatic carbocycles. The van der Waals surface area contributed by atoms with Crippen molar-refractivity contribution in [2.75, 3.05) is 6.61 Å². The largest absolute Gasteiger partial charge is 0.465 e. The van der Waals surface area contributed by atoms with Gasteiger partial charge in [0.1, 0.15) is 0 Å². The van der Waals surface area contributed by atoms with Crippen molar-refractivity contribution >= 4 is 5.97 Å². The van der Waals surface area contributed by atoms with Gasteiger partial charge in [0.15, 0.2) is 0 Å². The zero-order valence-corrected chi connectivity index (χ0v) is 11.1. The second kappa shape index (κ2) is 7.40. The minimum absolute atomic E-state index is 0.0340. The van der Waals surface area contributed by atoms with Gasteiger partial charge in [-0.1, -0.05) is 30.7 Å². The second-order valence-electron chi connectivity index (χ2n) is 5.40. The van der Waals surface area contributed by atoms with E-state index in [1.165, 1.54) is 19.3 Å². The van der Waals surface area contributed by atoms with E-state index in [0.29, 0.717) is 13.0 Å². The third-order valence-electron chi connectivity index (χ3n) is 3.77. The molecule has 1 fully saturated rings. The fraction of sp³-hybridized carbons (Fsp3) is 0.688. The quantitative estimate of drug-likeness (QED) is 0.478. The Morgan fingerprint density at radius 1 is 1.06 bits per heavy atom. The molecule has 0 aromatic heterocycles. The molecule has 0 N–H and O–H groups in total. The van der Waals surface area contributed by atoms with Crippen LogP contribution in [0, 0.1) is 11.8 Å². The zero-order chi connectivity index (χ0) is 12.6. The van der Waals surface area contributed by atoms with Gasteiger partial charge in [0.25, 0.3) is 0 Å². The average molecular weight is 248 g/mol. The van der Waals surface area contributed by atoms with Crippen molar-refractivity contribution in [1.29, 1.82) is 0 Å². The lowest BCUT2D eigenvalue weighted by molar-refractivity contribution is -0.143. The molecule has 1 aliphatic heterocycles. The van der Waals surface area contributed by atoms with Crippen molar-refractivity contribution in [2.24, 2.45) is 11.8 Å². The third kappa shape index (κ3) is 5.07. The van der Waals surface area contributed by atoms with Gasteiger partial charge < -0.3 is 4.74 Å². The van der Waals surface area contributed by atoms with E-state index in [0.717, 1.165) is 37.5 Å². The maximum Gasteiger partial charge on any atom is 0.305 e. The molecule has 18 heavy (non-hydrogen) atoms. The Morgan fingerprint density at radius 3 is 2.94 bits per heavy atom. The summed E-state index contributed by atoms with van der Waals surface area (Å²) in [4.78, 5) is 11.4. The highest BCUT2D eigenvalue weighted by atomic mass is 16.5. The molecule has 0 bridgehead atoms. The number of carbonyl (C=O) groups excluding carboxylic acids is 1. The molecule has 2 atom stereocenters. The molecule has 2 rings (SSSR count). The summed E-state index contributed by atoms with van der Waals surface area (Å²) in [5, 5.41) is 0. The molecule has 2 heteroatoms. The van der Waals surface area contributed by atoms with E-state index in [2.05, 4.69) is 24.3 Å². The van der Waals surface area contributed by atoms with Gasteiger partial charge in [-0.3, -0.25) is 4.79 Å². The van der Waals surface area contributed by atoms with Crippen LogP contribution in [0.25, 0.3) is 0 Å². The minimum Gasteiger partial charge on any atom is -0.465 e. The molecule has 0 radical (unpaired) electrons. The van der Waals surface area contributed by atoms with Crippen LogP contribution in [0.3, 0.4) is 0 Å². The number of cyclic esters (lactones) is 1. The highest BCUT2D eigenvalue weighted by Gasteiger charge is 2.32. The SMILES string of the molecule is O=C1CCCCCC=CC2CC2CC=CCCO1. The fourth-order valence-electron chi connectivity index (χ4n) is 2.46. The summed E-state index contributed by atoms with van der Waals surface area (Å²) in [6.45, 7) is 0.545. The van der Waals surface area contributed by atoms with E-state index >= 15 is 0 Å². The maximum atomic E-state index is 11.4. The number of hydrogen-bond acceptors (Lipinski definition) is 2. The van der Waals surface area contributed by atoms with Crippen molar-refractivity contribution in [3.05, 3.63) is 24.3 Å². The van der Waals surface area contributed by atoms with Gasteiger partial charge in [0.2, 0.25) is 0 Å². The molecular weight excluding hydrogens is 224 g/mol. The number of allylic oxidation sites excluding steroid dienone is 3. The lowest BCUT2D eigenvalue weighted by Gasteiger charge is -2.03. The number of ether oxygens (including phenoxy) is 1. The van der Waals surface area contributed by atoms with Crippen LogP contribution >= 0.6 is 0 Å². The fourth-order valence-corrected chi connectivity index (χ4v) is 2.46. The molecule has 2 nitrogen and oxygen atoms in total. The molecule has 1 saturated carbocycles. The van der Waals surface area contributed by atoms with Crippen LogP contribution in [0.2, 0.25) is 0 Å². The molecule has 1 aliphatic carbocycles. The normalized spacial score (nSPS) is 30.6. The van der Waals surface area contributed by atoms with Crippen LogP contribution < -0.4 is 0 Å². The number of rotatable bonds is 0. The van der Waals surface area contributed by atoms with E-state index in [9.17, 15) is 4.79 Å². The van der Waals surface area contributed by atoms with Crippen LogP contribution in [-0.4, -0.2) is 12.6 Å². The molecule has 0 saturated heterocycles. The first kappa shape index (κ1) is 13.4. The van der Waals surface area contributed by atoms with Gasteiger partial charge in [0, 0.05) is 6.42 Å². The smallest absolute Gasteiger partial charge is 0.305 e. The van der Waals surface area contributed by atoms with E-state index < -0.39 is 0 Å². The van der Waals surface area contributed by atoms with E-state index in [1.54, 1.807) is 0 Å². The van der Waals surface area contributed by atoms with Crippen molar-refractivity contribution in [1.82, 2.24) is 0 Å². The molecule has 1 heterocycles. The van der Waals surface area contributed by atoms with Crippen molar-refractivity contribution in [3.63, 3.8) is 0 Å².